The van der Waals surface area contributed by atoms with Crippen molar-refractivity contribution in [2.24, 2.45) is 4.99 Å². The molecule has 5 nitrogen and oxygen atoms in total. The lowest BCUT2D eigenvalue weighted by Gasteiger charge is -2.14. The van der Waals surface area contributed by atoms with Gasteiger partial charge in [0.15, 0.2) is 5.96 Å². The van der Waals surface area contributed by atoms with Crippen LogP contribution in [0.15, 0.2) is 23.2 Å². The van der Waals surface area contributed by atoms with E-state index in [4.69, 9.17) is 4.74 Å². The fourth-order valence-corrected chi connectivity index (χ4v) is 3.54. The van der Waals surface area contributed by atoms with Gasteiger partial charge in [-0.2, -0.15) is 11.8 Å². The monoisotopic (exact) mass is 323 g/mol. The van der Waals surface area contributed by atoms with Gasteiger partial charge in [0.05, 0.1) is 13.7 Å². The molecule has 0 aromatic heterocycles. The first-order valence-electron chi connectivity index (χ1n) is 7.72. The molecule has 6 heteroatoms. The number of thioether (sulfide) groups is 1. The number of guanidine groups is 1. The summed E-state index contributed by atoms with van der Waals surface area (Å²) in [6, 6.07) is 5.19. The Labute approximate surface area is 136 Å². The first-order chi connectivity index (χ1) is 10.7. The number of ether oxygens (including phenoxy) is 1. The van der Waals surface area contributed by atoms with E-state index in [0.717, 1.165) is 30.4 Å². The van der Waals surface area contributed by atoms with Gasteiger partial charge in [-0.15, -0.1) is 0 Å². The normalized spacial score (nSPS) is 18.3. The fraction of sp³-hybridized carbons (Fsp3) is 0.562. The van der Waals surface area contributed by atoms with Crippen LogP contribution in [0.3, 0.4) is 0 Å². The molecule has 1 unspecified atom stereocenters. The van der Waals surface area contributed by atoms with Gasteiger partial charge in [0.1, 0.15) is 11.5 Å². The predicted octanol–water partition coefficient (Wildman–Crippen LogP) is 2.35. The fourth-order valence-electron chi connectivity index (χ4n) is 2.34. The number of benzene rings is 1. The summed E-state index contributed by atoms with van der Waals surface area (Å²) in [6.45, 7) is 4.20. The number of aromatic hydroxyl groups is 1. The van der Waals surface area contributed by atoms with E-state index in [9.17, 15) is 5.11 Å². The smallest absolute Gasteiger partial charge is 0.191 e. The topological polar surface area (TPSA) is 65.9 Å². The SMILES string of the molecule is CCNC(=NCc1cc(OC)ccc1O)NCC1CCCS1. The Bertz CT molecular complexity index is 502. The maximum Gasteiger partial charge on any atom is 0.191 e. The summed E-state index contributed by atoms with van der Waals surface area (Å²) in [7, 11) is 1.62. The van der Waals surface area contributed by atoms with Gasteiger partial charge in [-0.3, -0.25) is 0 Å². The Hall–Kier alpha value is -1.56. The van der Waals surface area contributed by atoms with Gasteiger partial charge in [-0.05, 0) is 43.7 Å². The number of aliphatic imine (C=N–C) groups is 1. The summed E-state index contributed by atoms with van der Waals surface area (Å²) in [5.74, 6) is 3.02. The van der Waals surface area contributed by atoms with Crippen LogP contribution >= 0.6 is 11.8 Å². The Morgan fingerprint density at radius 1 is 1.45 bits per heavy atom. The Morgan fingerprint density at radius 2 is 2.32 bits per heavy atom. The first-order valence-corrected chi connectivity index (χ1v) is 8.77. The zero-order valence-corrected chi connectivity index (χ0v) is 14.1. The largest absolute Gasteiger partial charge is 0.508 e. The van der Waals surface area contributed by atoms with Crippen LogP contribution in [-0.2, 0) is 6.54 Å². The van der Waals surface area contributed by atoms with Crippen LogP contribution in [0.1, 0.15) is 25.3 Å². The van der Waals surface area contributed by atoms with Crippen molar-refractivity contribution < 1.29 is 9.84 Å². The Morgan fingerprint density at radius 3 is 3.00 bits per heavy atom. The van der Waals surface area contributed by atoms with Gasteiger partial charge in [0.25, 0.3) is 0 Å². The number of hydrogen-bond donors (Lipinski definition) is 3. The molecule has 22 heavy (non-hydrogen) atoms. The molecule has 0 aliphatic carbocycles. The van der Waals surface area contributed by atoms with Crippen molar-refractivity contribution in [2.75, 3.05) is 26.0 Å². The number of phenolic OH excluding ortho intramolecular Hbond substituents is 1. The van der Waals surface area contributed by atoms with E-state index in [1.165, 1.54) is 18.6 Å². The molecule has 0 amide bonds. The minimum absolute atomic E-state index is 0.242. The van der Waals surface area contributed by atoms with Crippen molar-refractivity contribution in [3.8, 4) is 11.5 Å². The Kier molecular flexibility index (Phi) is 6.71. The lowest BCUT2D eigenvalue weighted by Crippen LogP contribution is -2.40. The minimum atomic E-state index is 0.242. The van der Waals surface area contributed by atoms with Crippen molar-refractivity contribution in [1.82, 2.24) is 10.6 Å². The molecule has 0 saturated carbocycles. The number of methoxy groups -OCH3 is 1. The van der Waals surface area contributed by atoms with Gasteiger partial charge in [0.2, 0.25) is 0 Å². The van der Waals surface area contributed by atoms with Gasteiger partial charge in [-0.1, -0.05) is 0 Å². The first kappa shape index (κ1) is 16.8. The van der Waals surface area contributed by atoms with Crippen LogP contribution in [-0.4, -0.2) is 42.3 Å². The molecule has 1 aromatic carbocycles. The highest BCUT2D eigenvalue weighted by molar-refractivity contribution is 8.00. The molecule has 1 atom stereocenters. The summed E-state index contributed by atoms with van der Waals surface area (Å²) in [4.78, 5) is 4.55. The van der Waals surface area contributed by atoms with Crippen LogP contribution in [0.4, 0.5) is 0 Å². The molecule has 1 aliphatic rings. The van der Waals surface area contributed by atoms with Crippen molar-refractivity contribution >= 4 is 17.7 Å². The Balaban J connectivity index is 1.96. The zero-order chi connectivity index (χ0) is 15.8. The van der Waals surface area contributed by atoms with E-state index in [-0.39, 0.29) is 5.75 Å². The summed E-state index contributed by atoms with van der Waals surface area (Å²) in [6.07, 6.45) is 2.58. The third-order valence-corrected chi connectivity index (χ3v) is 4.96. The van der Waals surface area contributed by atoms with Crippen molar-refractivity contribution in [3.63, 3.8) is 0 Å². The molecule has 2 rings (SSSR count). The molecule has 3 N–H and O–H groups in total. The number of phenols is 1. The highest BCUT2D eigenvalue weighted by Crippen LogP contribution is 2.25. The van der Waals surface area contributed by atoms with Crippen molar-refractivity contribution in [1.29, 1.82) is 0 Å². The summed E-state index contributed by atoms with van der Waals surface area (Å²) < 4.78 is 5.19. The summed E-state index contributed by atoms with van der Waals surface area (Å²) in [5.41, 5.74) is 0.756. The summed E-state index contributed by atoms with van der Waals surface area (Å²) in [5, 5.41) is 17.2. The number of hydrogen-bond acceptors (Lipinski definition) is 4. The molecule has 0 bridgehead atoms. The molecule has 1 aromatic rings. The molecular formula is C16H25N3O2S. The van der Waals surface area contributed by atoms with E-state index < -0.39 is 0 Å². The van der Waals surface area contributed by atoms with E-state index >= 15 is 0 Å². The van der Waals surface area contributed by atoms with Crippen LogP contribution in [0, 0.1) is 0 Å². The van der Waals surface area contributed by atoms with Crippen molar-refractivity contribution in [2.45, 2.75) is 31.6 Å². The van der Waals surface area contributed by atoms with Gasteiger partial charge in [-0.25, -0.2) is 4.99 Å². The van der Waals surface area contributed by atoms with Gasteiger partial charge in [0, 0.05) is 23.9 Å². The highest BCUT2D eigenvalue weighted by Gasteiger charge is 2.15. The average molecular weight is 323 g/mol. The van der Waals surface area contributed by atoms with Crippen LogP contribution in [0.2, 0.25) is 0 Å². The second kappa shape index (κ2) is 8.78. The average Bonchev–Trinajstić information content (AvgIpc) is 3.05. The quantitative estimate of drug-likeness (QED) is 0.554. The number of nitrogens with one attached hydrogen (secondary N) is 2. The van der Waals surface area contributed by atoms with E-state index in [2.05, 4.69) is 15.6 Å². The highest BCUT2D eigenvalue weighted by atomic mass is 32.2. The predicted molar refractivity (Wildman–Crippen MR) is 93.0 cm³/mol. The van der Waals surface area contributed by atoms with E-state index in [1.54, 1.807) is 19.2 Å². The maximum atomic E-state index is 9.91. The van der Waals surface area contributed by atoms with Crippen LogP contribution in [0.5, 0.6) is 11.5 Å². The zero-order valence-electron chi connectivity index (χ0n) is 13.3. The lowest BCUT2D eigenvalue weighted by atomic mass is 10.2. The number of nitrogens with zero attached hydrogens (tertiary/aromatic N) is 1. The van der Waals surface area contributed by atoms with Gasteiger partial charge >= 0.3 is 0 Å². The standard InChI is InChI=1S/C16H25N3O2S/c1-3-17-16(19-11-14-5-4-8-22-14)18-10-12-9-13(21-2)6-7-15(12)20/h6-7,9,14,20H,3-5,8,10-11H2,1-2H3,(H2,17,18,19). The van der Waals surface area contributed by atoms with E-state index in [1.807, 2.05) is 24.8 Å². The maximum absolute atomic E-state index is 9.91. The summed E-state index contributed by atoms with van der Waals surface area (Å²) >= 11 is 2.02. The third kappa shape index (κ3) is 5.02. The van der Waals surface area contributed by atoms with Gasteiger partial charge < -0.3 is 20.5 Å². The van der Waals surface area contributed by atoms with Crippen LogP contribution < -0.4 is 15.4 Å². The molecule has 1 fully saturated rings. The van der Waals surface area contributed by atoms with Crippen molar-refractivity contribution in [3.05, 3.63) is 23.8 Å². The molecule has 1 aliphatic heterocycles. The third-order valence-electron chi connectivity index (χ3n) is 3.56. The number of rotatable bonds is 6. The second-order valence-electron chi connectivity index (χ2n) is 5.21. The molecule has 122 valence electrons. The molecule has 1 saturated heterocycles. The molecule has 0 radical (unpaired) electrons. The second-order valence-corrected chi connectivity index (χ2v) is 6.61. The minimum Gasteiger partial charge on any atom is -0.508 e. The van der Waals surface area contributed by atoms with E-state index in [0.29, 0.717) is 11.8 Å². The molecule has 1 heterocycles. The molecular weight excluding hydrogens is 298 g/mol. The lowest BCUT2D eigenvalue weighted by molar-refractivity contribution is 0.411. The van der Waals surface area contributed by atoms with Crippen LogP contribution in [0.25, 0.3) is 0 Å². The molecule has 0 spiro atoms.